The Morgan fingerprint density at radius 2 is 2.07 bits per heavy atom. The molecule has 2 unspecified atom stereocenters. The fraction of sp³-hybridized carbons (Fsp3) is 0.500. The Morgan fingerprint density at radius 1 is 1.34 bits per heavy atom. The molecule has 0 radical (unpaired) electrons. The van der Waals surface area contributed by atoms with Crippen LogP contribution in [0.15, 0.2) is 41.7 Å². The summed E-state index contributed by atoms with van der Waals surface area (Å²) >= 11 is 0. The number of nitrogens with one attached hydrogen (secondary N) is 2. The van der Waals surface area contributed by atoms with Gasteiger partial charge in [0.05, 0.1) is 19.3 Å². The SMILES string of the molecule is CCNC(=NCC(C)(O)c1cnn(C)c1)NCC(CC)Oc1ccccc1F.I. The molecule has 2 aromatic rings. The van der Waals surface area contributed by atoms with Gasteiger partial charge in [0.25, 0.3) is 0 Å². The van der Waals surface area contributed by atoms with Crippen molar-refractivity contribution in [2.75, 3.05) is 19.6 Å². The number of guanidine groups is 1. The summed E-state index contributed by atoms with van der Waals surface area (Å²) in [6, 6.07) is 6.36. The van der Waals surface area contributed by atoms with Crippen LogP contribution in [-0.2, 0) is 12.6 Å². The number of benzene rings is 1. The maximum atomic E-state index is 13.8. The Labute approximate surface area is 188 Å². The molecule has 0 aliphatic heterocycles. The molecule has 9 heteroatoms. The van der Waals surface area contributed by atoms with Crippen molar-refractivity contribution in [3.05, 3.63) is 48.0 Å². The third kappa shape index (κ3) is 7.81. The number of aliphatic hydroxyl groups is 1. The predicted molar refractivity (Wildman–Crippen MR) is 123 cm³/mol. The molecule has 0 saturated carbocycles. The highest BCUT2D eigenvalue weighted by atomic mass is 127. The van der Waals surface area contributed by atoms with Crippen molar-refractivity contribution in [2.24, 2.45) is 12.0 Å². The predicted octanol–water partition coefficient (Wildman–Crippen LogP) is 2.80. The van der Waals surface area contributed by atoms with E-state index in [0.717, 1.165) is 0 Å². The lowest BCUT2D eigenvalue weighted by Crippen LogP contribution is -2.43. The number of aromatic nitrogens is 2. The fourth-order valence-electron chi connectivity index (χ4n) is 2.57. The second-order valence-electron chi connectivity index (χ2n) is 6.83. The number of ether oxygens (including phenoxy) is 1. The first-order chi connectivity index (χ1) is 13.4. The Bertz CT molecular complexity index is 782. The van der Waals surface area contributed by atoms with E-state index in [4.69, 9.17) is 4.74 Å². The van der Waals surface area contributed by atoms with Crippen LogP contribution in [0.4, 0.5) is 4.39 Å². The van der Waals surface area contributed by atoms with Crippen molar-refractivity contribution >= 4 is 29.9 Å². The Morgan fingerprint density at radius 3 is 2.66 bits per heavy atom. The Kier molecular flexibility index (Phi) is 10.4. The normalized spacial score (nSPS) is 14.5. The molecule has 3 N–H and O–H groups in total. The molecule has 0 spiro atoms. The van der Waals surface area contributed by atoms with E-state index in [9.17, 15) is 9.50 Å². The maximum Gasteiger partial charge on any atom is 0.191 e. The summed E-state index contributed by atoms with van der Waals surface area (Å²) in [6.45, 7) is 6.93. The summed E-state index contributed by atoms with van der Waals surface area (Å²) in [7, 11) is 1.80. The number of hydrogen-bond donors (Lipinski definition) is 3. The van der Waals surface area contributed by atoms with Gasteiger partial charge in [-0.25, -0.2) is 9.38 Å². The fourth-order valence-corrected chi connectivity index (χ4v) is 2.57. The molecule has 162 valence electrons. The van der Waals surface area contributed by atoms with Gasteiger partial charge < -0.3 is 20.5 Å². The molecule has 0 amide bonds. The molecule has 1 heterocycles. The lowest BCUT2D eigenvalue weighted by Gasteiger charge is -2.22. The van der Waals surface area contributed by atoms with E-state index in [1.165, 1.54) is 6.07 Å². The molecule has 0 aliphatic carbocycles. The van der Waals surface area contributed by atoms with Gasteiger partial charge in [0.2, 0.25) is 0 Å². The van der Waals surface area contributed by atoms with Crippen LogP contribution in [0.25, 0.3) is 0 Å². The van der Waals surface area contributed by atoms with Crippen molar-refractivity contribution in [2.45, 2.75) is 38.9 Å². The summed E-state index contributed by atoms with van der Waals surface area (Å²) in [5.74, 6) is 0.411. The third-order valence-corrected chi connectivity index (χ3v) is 4.30. The number of aryl methyl sites for hydroxylation is 1. The minimum Gasteiger partial charge on any atom is -0.486 e. The van der Waals surface area contributed by atoms with Crippen LogP contribution < -0.4 is 15.4 Å². The molecule has 1 aromatic heterocycles. The quantitative estimate of drug-likeness (QED) is 0.270. The van der Waals surface area contributed by atoms with E-state index in [2.05, 4.69) is 20.7 Å². The third-order valence-electron chi connectivity index (χ3n) is 4.30. The molecular formula is C20H31FIN5O2. The Balaban J connectivity index is 0.00000420. The van der Waals surface area contributed by atoms with Gasteiger partial charge in [-0.1, -0.05) is 19.1 Å². The van der Waals surface area contributed by atoms with Gasteiger partial charge in [-0.3, -0.25) is 4.68 Å². The maximum absolute atomic E-state index is 13.8. The zero-order chi connectivity index (χ0) is 20.6. The van der Waals surface area contributed by atoms with Gasteiger partial charge >= 0.3 is 0 Å². The van der Waals surface area contributed by atoms with Crippen molar-refractivity contribution in [1.82, 2.24) is 20.4 Å². The molecule has 7 nitrogen and oxygen atoms in total. The first kappa shape index (κ1) is 25.2. The molecule has 0 aliphatic rings. The average molecular weight is 519 g/mol. The number of para-hydroxylation sites is 1. The van der Waals surface area contributed by atoms with E-state index in [0.29, 0.717) is 31.0 Å². The van der Waals surface area contributed by atoms with Crippen molar-refractivity contribution < 1.29 is 14.2 Å². The van der Waals surface area contributed by atoms with E-state index in [-0.39, 0.29) is 48.2 Å². The van der Waals surface area contributed by atoms with E-state index in [1.807, 2.05) is 13.8 Å². The van der Waals surface area contributed by atoms with Crippen LogP contribution in [0.1, 0.15) is 32.8 Å². The number of aliphatic imine (C=N–C) groups is 1. The van der Waals surface area contributed by atoms with Crippen LogP contribution in [-0.4, -0.2) is 46.6 Å². The molecule has 2 atom stereocenters. The number of nitrogens with zero attached hydrogens (tertiary/aromatic N) is 3. The molecule has 0 bridgehead atoms. The molecule has 29 heavy (non-hydrogen) atoms. The molecule has 1 aromatic carbocycles. The number of halogens is 2. The monoisotopic (exact) mass is 519 g/mol. The largest absolute Gasteiger partial charge is 0.486 e. The van der Waals surface area contributed by atoms with E-state index in [1.54, 1.807) is 49.2 Å². The summed E-state index contributed by atoms with van der Waals surface area (Å²) in [6.07, 6.45) is 3.88. The van der Waals surface area contributed by atoms with E-state index < -0.39 is 5.60 Å². The lowest BCUT2D eigenvalue weighted by molar-refractivity contribution is 0.0671. The smallest absolute Gasteiger partial charge is 0.191 e. The van der Waals surface area contributed by atoms with Crippen LogP contribution in [0.3, 0.4) is 0 Å². The zero-order valence-electron chi connectivity index (χ0n) is 17.4. The van der Waals surface area contributed by atoms with Crippen molar-refractivity contribution in [3.63, 3.8) is 0 Å². The van der Waals surface area contributed by atoms with Crippen molar-refractivity contribution in [3.8, 4) is 5.75 Å². The highest BCUT2D eigenvalue weighted by Crippen LogP contribution is 2.20. The summed E-state index contributed by atoms with van der Waals surface area (Å²) in [5.41, 5.74) is -0.436. The second kappa shape index (κ2) is 12.0. The zero-order valence-corrected chi connectivity index (χ0v) is 19.7. The molecule has 0 saturated heterocycles. The standard InChI is InChI=1S/C20H30FN5O2.HI/c1-5-16(28-18-10-8-7-9-17(18)21)12-23-19(22-6-2)24-14-20(3,27)15-11-25-26(4)13-15;/h7-11,13,16,27H,5-6,12,14H2,1-4H3,(H2,22,23,24);1H. The number of rotatable bonds is 9. The topological polar surface area (TPSA) is 83.7 Å². The number of hydrogen-bond acceptors (Lipinski definition) is 4. The first-order valence-corrected chi connectivity index (χ1v) is 9.50. The highest BCUT2D eigenvalue weighted by molar-refractivity contribution is 14.0. The van der Waals surface area contributed by atoms with Crippen LogP contribution in [0, 0.1) is 5.82 Å². The molecule has 0 fully saturated rings. The molecular weight excluding hydrogens is 488 g/mol. The van der Waals surface area contributed by atoms with Crippen molar-refractivity contribution in [1.29, 1.82) is 0 Å². The Hall–Kier alpha value is -1.88. The van der Waals surface area contributed by atoms with Gasteiger partial charge in [-0.2, -0.15) is 5.10 Å². The van der Waals surface area contributed by atoms with Crippen LogP contribution in [0.2, 0.25) is 0 Å². The lowest BCUT2D eigenvalue weighted by atomic mass is 10.0. The second-order valence-corrected chi connectivity index (χ2v) is 6.83. The van der Waals surface area contributed by atoms with Gasteiger partial charge in [0, 0.05) is 25.4 Å². The average Bonchev–Trinajstić information content (AvgIpc) is 3.11. The summed E-state index contributed by atoms with van der Waals surface area (Å²) in [5, 5.41) is 21.1. The van der Waals surface area contributed by atoms with Crippen LogP contribution in [0.5, 0.6) is 5.75 Å². The highest BCUT2D eigenvalue weighted by Gasteiger charge is 2.24. The van der Waals surface area contributed by atoms with Gasteiger partial charge in [-0.15, -0.1) is 24.0 Å². The summed E-state index contributed by atoms with van der Waals surface area (Å²) < 4.78 is 21.2. The van der Waals surface area contributed by atoms with Gasteiger partial charge in [-0.05, 0) is 32.4 Å². The minimum atomic E-state index is -1.13. The van der Waals surface area contributed by atoms with Gasteiger partial charge in [0.15, 0.2) is 17.5 Å². The van der Waals surface area contributed by atoms with Crippen LogP contribution >= 0.6 is 24.0 Å². The minimum absolute atomic E-state index is 0. The first-order valence-electron chi connectivity index (χ1n) is 9.50. The summed E-state index contributed by atoms with van der Waals surface area (Å²) in [4.78, 5) is 4.48. The van der Waals surface area contributed by atoms with E-state index >= 15 is 0 Å². The molecule has 2 rings (SSSR count). The van der Waals surface area contributed by atoms with Gasteiger partial charge in [0.1, 0.15) is 11.7 Å².